The Balaban J connectivity index is 2.49. The van der Waals surface area contributed by atoms with Crippen molar-refractivity contribution >= 4 is 5.91 Å². The number of carbonyl (C=O) groups is 1. The molecule has 0 aromatic heterocycles. The summed E-state index contributed by atoms with van der Waals surface area (Å²) in [7, 11) is 0. The van der Waals surface area contributed by atoms with Crippen molar-refractivity contribution < 1.29 is 18.0 Å². The molecule has 1 fully saturated rings. The van der Waals surface area contributed by atoms with Gasteiger partial charge >= 0.3 is 6.18 Å². The Labute approximate surface area is 131 Å². The van der Waals surface area contributed by atoms with E-state index in [-0.39, 0.29) is 11.8 Å². The fraction of sp³-hybridized carbons (Fsp3) is 0.938. The van der Waals surface area contributed by atoms with Crippen molar-refractivity contribution in [3.05, 3.63) is 0 Å². The second-order valence-electron chi connectivity index (χ2n) is 6.22. The quantitative estimate of drug-likeness (QED) is 0.716. The Kier molecular flexibility index (Phi) is 7.66. The molecular formula is C16H29F3N2O. The highest BCUT2D eigenvalue weighted by molar-refractivity contribution is 5.79. The van der Waals surface area contributed by atoms with Crippen LogP contribution in [0.25, 0.3) is 0 Å². The van der Waals surface area contributed by atoms with Crippen molar-refractivity contribution in [2.45, 2.75) is 52.6 Å². The zero-order chi connectivity index (χ0) is 16.8. The van der Waals surface area contributed by atoms with Crippen LogP contribution in [0.2, 0.25) is 0 Å². The lowest BCUT2D eigenvalue weighted by Crippen LogP contribution is -2.45. The summed E-state index contributed by atoms with van der Waals surface area (Å²) >= 11 is 0. The molecule has 0 atom stereocenters. The first-order chi connectivity index (χ1) is 10.3. The van der Waals surface area contributed by atoms with Gasteiger partial charge in [0.2, 0.25) is 5.91 Å². The predicted molar refractivity (Wildman–Crippen MR) is 81.5 cm³/mol. The molecule has 0 radical (unpaired) electrons. The lowest BCUT2D eigenvalue weighted by Gasteiger charge is -2.35. The Morgan fingerprint density at radius 1 is 1.18 bits per heavy atom. The first-order valence-corrected chi connectivity index (χ1v) is 8.38. The van der Waals surface area contributed by atoms with E-state index in [2.05, 4.69) is 13.8 Å². The third-order valence-corrected chi connectivity index (χ3v) is 4.67. The average molecular weight is 322 g/mol. The number of rotatable bonds is 7. The highest BCUT2D eigenvalue weighted by Crippen LogP contribution is 2.24. The van der Waals surface area contributed by atoms with Gasteiger partial charge in [0.05, 0.1) is 6.54 Å². The molecule has 0 unspecified atom stereocenters. The minimum absolute atomic E-state index is 0.112. The van der Waals surface area contributed by atoms with Gasteiger partial charge in [-0.15, -0.1) is 0 Å². The van der Waals surface area contributed by atoms with E-state index in [1.807, 2.05) is 11.8 Å². The van der Waals surface area contributed by atoms with E-state index in [0.717, 1.165) is 19.4 Å². The third kappa shape index (κ3) is 6.15. The van der Waals surface area contributed by atoms with Crippen LogP contribution in [0, 0.1) is 11.8 Å². The Morgan fingerprint density at radius 3 is 2.14 bits per heavy atom. The van der Waals surface area contributed by atoms with Gasteiger partial charge in [0.25, 0.3) is 0 Å². The molecule has 0 saturated carbocycles. The van der Waals surface area contributed by atoms with Crippen molar-refractivity contribution in [1.82, 2.24) is 9.80 Å². The van der Waals surface area contributed by atoms with Crippen LogP contribution in [0.15, 0.2) is 0 Å². The minimum Gasteiger partial charge on any atom is -0.342 e. The van der Waals surface area contributed by atoms with E-state index >= 15 is 0 Å². The molecule has 0 aromatic carbocycles. The Hall–Kier alpha value is -0.780. The Morgan fingerprint density at radius 2 is 1.73 bits per heavy atom. The van der Waals surface area contributed by atoms with Gasteiger partial charge in [-0.3, -0.25) is 9.69 Å². The van der Waals surface area contributed by atoms with Crippen LogP contribution in [-0.4, -0.2) is 54.6 Å². The SMILES string of the molecule is CCC(CC)CN(CC)C(=O)C1CCN(CC(F)(F)F)CC1. The van der Waals surface area contributed by atoms with Gasteiger partial charge in [0.15, 0.2) is 0 Å². The fourth-order valence-corrected chi connectivity index (χ4v) is 3.08. The molecule has 1 heterocycles. The molecule has 6 heteroatoms. The molecule has 0 bridgehead atoms. The van der Waals surface area contributed by atoms with Gasteiger partial charge < -0.3 is 4.90 Å². The fourth-order valence-electron chi connectivity index (χ4n) is 3.08. The minimum atomic E-state index is -4.15. The van der Waals surface area contributed by atoms with Gasteiger partial charge in [0.1, 0.15) is 0 Å². The topological polar surface area (TPSA) is 23.6 Å². The molecule has 0 aliphatic carbocycles. The second-order valence-corrected chi connectivity index (χ2v) is 6.22. The lowest BCUT2D eigenvalue weighted by atomic mass is 9.94. The summed E-state index contributed by atoms with van der Waals surface area (Å²) in [6, 6.07) is 0. The summed E-state index contributed by atoms with van der Waals surface area (Å²) < 4.78 is 37.1. The molecule has 1 amide bonds. The number of hydrogen-bond acceptors (Lipinski definition) is 2. The first kappa shape index (κ1) is 19.3. The van der Waals surface area contributed by atoms with Crippen molar-refractivity contribution in [3.8, 4) is 0 Å². The highest BCUT2D eigenvalue weighted by atomic mass is 19.4. The molecule has 1 aliphatic rings. The molecule has 0 spiro atoms. The van der Waals surface area contributed by atoms with Crippen molar-refractivity contribution in [2.75, 3.05) is 32.7 Å². The number of carbonyl (C=O) groups excluding carboxylic acids is 1. The van der Waals surface area contributed by atoms with Crippen LogP contribution in [0.3, 0.4) is 0 Å². The number of nitrogens with zero attached hydrogens (tertiary/aromatic N) is 2. The van der Waals surface area contributed by atoms with Crippen LogP contribution in [0.5, 0.6) is 0 Å². The maximum Gasteiger partial charge on any atom is 0.401 e. The van der Waals surface area contributed by atoms with Crippen molar-refractivity contribution in [2.24, 2.45) is 11.8 Å². The van der Waals surface area contributed by atoms with Crippen molar-refractivity contribution in [3.63, 3.8) is 0 Å². The van der Waals surface area contributed by atoms with Crippen LogP contribution >= 0.6 is 0 Å². The van der Waals surface area contributed by atoms with Crippen LogP contribution in [0.1, 0.15) is 46.5 Å². The number of likely N-dealkylation sites (tertiary alicyclic amines) is 1. The number of hydrogen-bond donors (Lipinski definition) is 0. The predicted octanol–water partition coefficient (Wildman–Crippen LogP) is 3.55. The van der Waals surface area contributed by atoms with Gasteiger partial charge in [-0.25, -0.2) is 0 Å². The van der Waals surface area contributed by atoms with E-state index in [9.17, 15) is 18.0 Å². The summed E-state index contributed by atoms with van der Waals surface area (Å²) in [4.78, 5) is 15.9. The van der Waals surface area contributed by atoms with Gasteiger partial charge in [-0.05, 0) is 38.8 Å². The summed E-state index contributed by atoms with van der Waals surface area (Å²) in [5.74, 6) is 0.522. The summed E-state index contributed by atoms with van der Waals surface area (Å²) in [6.45, 7) is 7.53. The zero-order valence-corrected chi connectivity index (χ0v) is 14.0. The lowest BCUT2D eigenvalue weighted by molar-refractivity contribution is -0.151. The van der Waals surface area contributed by atoms with Crippen LogP contribution in [-0.2, 0) is 4.79 Å². The smallest absolute Gasteiger partial charge is 0.342 e. The summed E-state index contributed by atoms with van der Waals surface area (Å²) in [5, 5.41) is 0. The van der Waals surface area contributed by atoms with Crippen molar-refractivity contribution in [1.29, 1.82) is 0 Å². The first-order valence-electron chi connectivity index (χ1n) is 8.38. The van der Waals surface area contributed by atoms with E-state index < -0.39 is 12.7 Å². The van der Waals surface area contributed by atoms with Gasteiger partial charge in [0, 0.05) is 19.0 Å². The van der Waals surface area contributed by atoms with E-state index in [4.69, 9.17) is 0 Å². The van der Waals surface area contributed by atoms with E-state index in [1.54, 1.807) is 0 Å². The van der Waals surface area contributed by atoms with Gasteiger partial charge in [-0.1, -0.05) is 26.7 Å². The number of amides is 1. The molecule has 130 valence electrons. The molecule has 1 saturated heterocycles. The number of halogens is 3. The Bertz CT molecular complexity index is 335. The molecular weight excluding hydrogens is 293 g/mol. The molecule has 1 aliphatic heterocycles. The summed E-state index contributed by atoms with van der Waals surface area (Å²) in [5.41, 5.74) is 0. The van der Waals surface area contributed by atoms with Crippen LogP contribution < -0.4 is 0 Å². The molecule has 3 nitrogen and oxygen atoms in total. The van der Waals surface area contributed by atoms with E-state index in [1.165, 1.54) is 4.90 Å². The summed E-state index contributed by atoms with van der Waals surface area (Å²) in [6.07, 6.45) is -0.987. The van der Waals surface area contributed by atoms with E-state index in [0.29, 0.717) is 38.4 Å². The molecule has 0 N–H and O–H groups in total. The normalized spacial score (nSPS) is 18.0. The zero-order valence-electron chi connectivity index (χ0n) is 14.0. The second kappa shape index (κ2) is 8.75. The largest absolute Gasteiger partial charge is 0.401 e. The highest BCUT2D eigenvalue weighted by Gasteiger charge is 2.34. The monoisotopic (exact) mass is 322 g/mol. The number of piperidine rings is 1. The number of alkyl halides is 3. The maximum absolute atomic E-state index is 12.6. The van der Waals surface area contributed by atoms with Gasteiger partial charge in [-0.2, -0.15) is 13.2 Å². The average Bonchev–Trinajstić information content (AvgIpc) is 2.47. The third-order valence-electron chi connectivity index (χ3n) is 4.67. The molecule has 0 aromatic rings. The standard InChI is InChI=1S/C16H29F3N2O/c1-4-13(5-2)11-21(6-3)15(22)14-7-9-20(10-8-14)12-16(17,18)19/h13-14H,4-12H2,1-3H3. The maximum atomic E-state index is 12.6. The van der Waals surface area contributed by atoms with Crippen LogP contribution in [0.4, 0.5) is 13.2 Å². The molecule has 1 rings (SSSR count). The molecule has 22 heavy (non-hydrogen) atoms.